The van der Waals surface area contributed by atoms with Crippen molar-refractivity contribution in [2.75, 3.05) is 6.61 Å². The maximum Gasteiger partial charge on any atom is 0.296 e. The molecule has 0 amide bonds. The van der Waals surface area contributed by atoms with Gasteiger partial charge in [-0.2, -0.15) is 4.98 Å². The Balaban J connectivity index is 1.35. The quantitative estimate of drug-likeness (QED) is 0.299. The normalized spacial score (nSPS) is 20.5. The van der Waals surface area contributed by atoms with Gasteiger partial charge in [0.1, 0.15) is 6.10 Å². The smallest absolute Gasteiger partial charge is 0.296 e. The van der Waals surface area contributed by atoms with E-state index in [4.69, 9.17) is 21.5 Å². The SMILES string of the molecule is NS(=O)(=O)c1ccc(-c2ccc(-c3nc4nc(O[C@H]5CC[C@H](CO)[C@@H](O)C5)[nH]c4cc3Cl)cc2)cc1. The molecule has 4 aromatic rings. The second-order valence-corrected chi connectivity index (χ2v) is 10.9. The van der Waals surface area contributed by atoms with Crippen LogP contribution in [0.2, 0.25) is 5.02 Å². The van der Waals surface area contributed by atoms with E-state index in [9.17, 15) is 18.6 Å². The van der Waals surface area contributed by atoms with Crippen molar-refractivity contribution in [1.29, 1.82) is 0 Å². The van der Waals surface area contributed by atoms with Gasteiger partial charge in [0.15, 0.2) is 5.65 Å². The lowest BCUT2D eigenvalue weighted by molar-refractivity contribution is -0.0113. The van der Waals surface area contributed by atoms with Crippen molar-refractivity contribution in [3.63, 3.8) is 0 Å². The van der Waals surface area contributed by atoms with E-state index in [1.165, 1.54) is 12.1 Å². The van der Waals surface area contributed by atoms with E-state index in [1.54, 1.807) is 18.2 Å². The minimum atomic E-state index is -3.74. The summed E-state index contributed by atoms with van der Waals surface area (Å²) >= 11 is 6.53. The minimum absolute atomic E-state index is 0.0322. The predicted octanol–water partition coefficient (Wildman–Crippen LogP) is 3.49. The van der Waals surface area contributed by atoms with Crippen molar-refractivity contribution in [2.24, 2.45) is 11.1 Å². The van der Waals surface area contributed by atoms with Crippen LogP contribution in [-0.2, 0) is 10.0 Å². The summed E-state index contributed by atoms with van der Waals surface area (Å²) in [5, 5.41) is 25.1. The number of hydrogen-bond donors (Lipinski definition) is 4. The highest BCUT2D eigenvalue weighted by atomic mass is 35.5. The van der Waals surface area contributed by atoms with Crippen molar-refractivity contribution in [3.05, 3.63) is 59.6 Å². The number of halogens is 1. The second kappa shape index (κ2) is 9.79. The Hall–Kier alpha value is -3.02. The number of nitrogens with zero attached hydrogens (tertiary/aromatic N) is 2. The van der Waals surface area contributed by atoms with E-state index >= 15 is 0 Å². The van der Waals surface area contributed by atoms with Crippen LogP contribution < -0.4 is 9.88 Å². The van der Waals surface area contributed by atoms with Gasteiger partial charge in [0, 0.05) is 24.5 Å². The van der Waals surface area contributed by atoms with Crippen molar-refractivity contribution in [1.82, 2.24) is 15.0 Å². The molecule has 36 heavy (non-hydrogen) atoms. The molecule has 2 heterocycles. The summed E-state index contributed by atoms with van der Waals surface area (Å²) in [6, 6.07) is 16.0. The lowest BCUT2D eigenvalue weighted by Crippen LogP contribution is -2.36. The Labute approximate surface area is 213 Å². The number of nitrogens with one attached hydrogen (secondary N) is 1. The van der Waals surface area contributed by atoms with Crippen molar-refractivity contribution < 1.29 is 23.4 Å². The summed E-state index contributed by atoms with van der Waals surface area (Å²) in [6.45, 7) is -0.0322. The largest absolute Gasteiger partial charge is 0.461 e. The Morgan fingerprint density at radius 3 is 2.28 bits per heavy atom. The van der Waals surface area contributed by atoms with Gasteiger partial charge in [0.05, 0.1) is 27.2 Å². The number of H-pyrrole nitrogens is 1. The molecule has 3 atom stereocenters. The third-order valence-corrected chi connectivity index (χ3v) is 7.72. The summed E-state index contributed by atoms with van der Waals surface area (Å²) < 4.78 is 28.9. The number of rotatable bonds is 6. The Morgan fingerprint density at radius 1 is 1.03 bits per heavy atom. The minimum Gasteiger partial charge on any atom is -0.461 e. The van der Waals surface area contributed by atoms with Gasteiger partial charge in [0.2, 0.25) is 10.0 Å². The lowest BCUT2D eigenvalue weighted by Gasteiger charge is -2.31. The van der Waals surface area contributed by atoms with Crippen molar-refractivity contribution in [3.8, 4) is 28.4 Å². The number of sulfonamides is 1. The fraction of sp³-hybridized carbons (Fsp3) is 0.280. The molecule has 0 radical (unpaired) electrons. The van der Waals surface area contributed by atoms with Gasteiger partial charge in [-0.05, 0) is 42.2 Å². The first-order valence-corrected chi connectivity index (χ1v) is 13.4. The van der Waals surface area contributed by atoms with E-state index < -0.39 is 16.1 Å². The van der Waals surface area contributed by atoms with Crippen LogP contribution in [0.4, 0.5) is 0 Å². The Morgan fingerprint density at radius 2 is 1.67 bits per heavy atom. The number of benzene rings is 2. The number of aliphatic hydroxyl groups is 2. The summed E-state index contributed by atoms with van der Waals surface area (Å²) in [7, 11) is -3.74. The molecular formula is C25H25ClN4O5S. The third kappa shape index (κ3) is 5.09. The molecule has 0 saturated heterocycles. The zero-order valence-corrected chi connectivity index (χ0v) is 20.7. The van der Waals surface area contributed by atoms with Gasteiger partial charge >= 0.3 is 0 Å². The number of primary sulfonamides is 1. The van der Waals surface area contributed by atoms with E-state index in [0.717, 1.165) is 23.1 Å². The van der Waals surface area contributed by atoms with Crippen LogP contribution in [-0.4, -0.2) is 52.4 Å². The molecule has 1 saturated carbocycles. The zero-order chi connectivity index (χ0) is 25.4. The van der Waals surface area contributed by atoms with Gasteiger partial charge in [0.25, 0.3) is 6.01 Å². The second-order valence-electron chi connectivity index (χ2n) is 8.94. The van der Waals surface area contributed by atoms with Crippen LogP contribution in [0.25, 0.3) is 33.5 Å². The molecule has 188 valence electrons. The van der Waals surface area contributed by atoms with E-state index in [1.807, 2.05) is 24.3 Å². The first-order valence-electron chi connectivity index (χ1n) is 11.5. The molecule has 0 aliphatic heterocycles. The van der Waals surface area contributed by atoms with Crippen molar-refractivity contribution >= 4 is 32.8 Å². The standard InChI is InChI=1S/C25H25ClN4O5S/c26-20-12-21-24(30-25(28-21)35-18-8-5-17(13-31)22(32)11-18)29-23(20)16-3-1-14(2-4-16)15-6-9-19(10-7-15)36(27,33)34/h1-4,6-7,9-10,12,17-18,22,31-32H,5,8,11,13H2,(H2,27,33,34)(H,28,29,30)/t17-,18+,22+/m1/s1. The molecule has 1 aliphatic carbocycles. The maximum absolute atomic E-state index is 11.5. The van der Waals surface area contributed by atoms with Crippen LogP contribution >= 0.6 is 11.6 Å². The zero-order valence-electron chi connectivity index (χ0n) is 19.1. The number of ether oxygens (including phenoxy) is 1. The monoisotopic (exact) mass is 528 g/mol. The van der Waals surface area contributed by atoms with E-state index in [0.29, 0.717) is 40.7 Å². The summed E-state index contributed by atoms with van der Waals surface area (Å²) in [6.07, 6.45) is 1.02. The van der Waals surface area contributed by atoms with Crippen LogP contribution in [0.3, 0.4) is 0 Å². The average Bonchev–Trinajstić information content (AvgIpc) is 3.24. The molecule has 11 heteroatoms. The van der Waals surface area contributed by atoms with Crippen LogP contribution in [0.15, 0.2) is 59.5 Å². The summed E-state index contributed by atoms with van der Waals surface area (Å²) in [5.74, 6) is -0.114. The van der Waals surface area contributed by atoms with Crippen LogP contribution in [0.1, 0.15) is 19.3 Å². The van der Waals surface area contributed by atoms with Gasteiger partial charge < -0.3 is 19.9 Å². The highest BCUT2D eigenvalue weighted by Gasteiger charge is 2.30. The molecule has 5 N–H and O–H groups in total. The molecule has 2 aromatic carbocycles. The summed E-state index contributed by atoms with van der Waals surface area (Å²) in [4.78, 5) is 12.2. The van der Waals surface area contributed by atoms with Crippen molar-refractivity contribution in [2.45, 2.75) is 36.4 Å². The molecular weight excluding hydrogens is 504 g/mol. The lowest BCUT2D eigenvalue weighted by atomic mass is 9.85. The predicted molar refractivity (Wildman–Crippen MR) is 136 cm³/mol. The number of aromatic amines is 1. The summed E-state index contributed by atoms with van der Waals surface area (Å²) in [5.41, 5.74) is 4.19. The van der Waals surface area contributed by atoms with Gasteiger partial charge in [-0.3, -0.25) is 0 Å². The highest BCUT2D eigenvalue weighted by molar-refractivity contribution is 7.89. The Bertz CT molecular complexity index is 1490. The van der Waals surface area contributed by atoms with Gasteiger partial charge in [-0.25, -0.2) is 18.5 Å². The van der Waals surface area contributed by atoms with Gasteiger partial charge in [-0.15, -0.1) is 0 Å². The van der Waals surface area contributed by atoms with Crippen LogP contribution in [0.5, 0.6) is 6.01 Å². The Kier molecular flexibility index (Phi) is 6.71. The van der Waals surface area contributed by atoms with E-state index in [-0.39, 0.29) is 23.5 Å². The number of aromatic nitrogens is 3. The van der Waals surface area contributed by atoms with Gasteiger partial charge in [-0.1, -0.05) is 48.0 Å². The first-order chi connectivity index (χ1) is 17.2. The number of imidazole rings is 1. The number of pyridine rings is 1. The average molecular weight is 529 g/mol. The fourth-order valence-corrected chi connectivity index (χ4v) is 5.24. The maximum atomic E-state index is 11.5. The molecule has 1 aliphatic rings. The number of nitrogens with two attached hydrogens (primary N) is 1. The highest BCUT2D eigenvalue weighted by Crippen LogP contribution is 2.32. The molecule has 0 spiro atoms. The first kappa shape index (κ1) is 24.7. The molecule has 0 unspecified atom stereocenters. The fourth-order valence-electron chi connectivity index (χ4n) is 4.46. The topological polar surface area (TPSA) is 151 Å². The molecule has 0 bridgehead atoms. The molecule has 9 nitrogen and oxygen atoms in total. The number of hydrogen-bond acceptors (Lipinski definition) is 7. The molecule has 2 aromatic heterocycles. The number of aliphatic hydroxyl groups excluding tert-OH is 2. The third-order valence-electron chi connectivity index (χ3n) is 6.50. The van der Waals surface area contributed by atoms with Crippen LogP contribution in [0, 0.1) is 5.92 Å². The van der Waals surface area contributed by atoms with E-state index in [2.05, 4.69) is 15.0 Å². The number of fused-ring (bicyclic) bond motifs is 1. The molecule has 5 rings (SSSR count). The molecule has 1 fully saturated rings.